The number of H-pyrrole nitrogens is 1. The molecule has 12 heavy (non-hydrogen) atoms. The monoisotopic (exact) mass is 169 g/mol. The SMILES string of the molecule is c1n[nH]c(CCC2OCCO2)n1. The van der Waals surface area contributed by atoms with Crippen molar-refractivity contribution in [2.24, 2.45) is 0 Å². The van der Waals surface area contributed by atoms with Gasteiger partial charge in [-0.05, 0) is 0 Å². The summed E-state index contributed by atoms with van der Waals surface area (Å²) in [7, 11) is 0. The average molecular weight is 169 g/mol. The van der Waals surface area contributed by atoms with Gasteiger partial charge in [-0.15, -0.1) is 0 Å². The van der Waals surface area contributed by atoms with Gasteiger partial charge in [0.2, 0.25) is 0 Å². The van der Waals surface area contributed by atoms with Gasteiger partial charge in [-0.2, -0.15) is 5.10 Å². The fraction of sp³-hybridized carbons (Fsp3) is 0.714. The van der Waals surface area contributed by atoms with Crippen LogP contribution in [-0.4, -0.2) is 34.7 Å². The summed E-state index contributed by atoms with van der Waals surface area (Å²) in [6.45, 7) is 1.42. The van der Waals surface area contributed by atoms with Crippen molar-refractivity contribution in [3.05, 3.63) is 12.2 Å². The highest BCUT2D eigenvalue weighted by Crippen LogP contribution is 2.09. The van der Waals surface area contributed by atoms with Gasteiger partial charge in [0.05, 0.1) is 13.2 Å². The van der Waals surface area contributed by atoms with E-state index in [1.165, 1.54) is 6.33 Å². The highest BCUT2D eigenvalue weighted by atomic mass is 16.7. The molecule has 1 saturated heterocycles. The first-order valence-electron chi connectivity index (χ1n) is 4.02. The van der Waals surface area contributed by atoms with Crippen LogP contribution in [0.25, 0.3) is 0 Å². The predicted octanol–water partition coefficient (Wildman–Crippen LogP) is 0.110. The Labute approximate surface area is 70.1 Å². The highest BCUT2D eigenvalue weighted by Gasteiger charge is 2.15. The predicted molar refractivity (Wildman–Crippen MR) is 40.4 cm³/mol. The van der Waals surface area contributed by atoms with E-state index in [9.17, 15) is 0 Å². The highest BCUT2D eigenvalue weighted by molar-refractivity contribution is 4.80. The molecule has 0 aliphatic carbocycles. The van der Waals surface area contributed by atoms with E-state index < -0.39 is 0 Å². The number of hydrogen-bond acceptors (Lipinski definition) is 4. The van der Waals surface area contributed by atoms with Crippen molar-refractivity contribution in [3.63, 3.8) is 0 Å². The van der Waals surface area contributed by atoms with Gasteiger partial charge in [0.1, 0.15) is 12.2 Å². The first-order valence-corrected chi connectivity index (χ1v) is 4.02. The van der Waals surface area contributed by atoms with E-state index in [4.69, 9.17) is 9.47 Å². The molecule has 1 aliphatic heterocycles. The molecule has 1 N–H and O–H groups in total. The maximum absolute atomic E-state index is 5.27. The number of nitrogens with one attached hydrogen (secondary N) is 1. The summed E-state index contributed by atoms with van der Waals surface area (Å²) in [6.07, 6.45) is 3.13. The third kappa shape index (κ3) is 1.80. The van der Waals surface area contributed by atoms with Crippen molar-refractivity contribution in [3.8, 4) is 0 Å². The molecule has 5 heteroatoms. The molecule has 1 fully saturated rings. The topological polar surface area (TPSA) is 60.0 Å². The molecular weight excluding hydrogens is 158 g/mol. The van der Waals surface area contributed by atoms with Gasteiger partial charge in [-0.3, -0.25) is 5.10 Å². The molecule has 2 rings (SSSR count). The van der Waals surface area contributed by atoms with Crippen molar-refractivity contribution in [1.82, 2.24) is 15.2 Å². The lowest BCUT2D eigenvalue weighted by molar-refractivity contribution is -0.0464. The van der Waals surface area contributed by atoms with E-state index in [1.807, 2.05) is 0 Å². The number of aromatic amines is 1. The van der Waals surface area contributed by atoms with Crippen LogP contribution in [0.15, 0.2) is 6.33 Å². The van der Waals surface area contributed by atoms with Gasteiger partial charge in [0.25, 0.3) is 0 Å². The number of aromatic nitrogens is 3. The number of rotatable bonds is 3. The molecule has 2 heterocycles. The second kappa shape index (κ2) is 3.64. The molecule has 0 aromatic carbocycles. The van der Waals surface area contributed by atoms with Crippen LogP contribution in [0.2, 0.25) is 0 Å². The summed E-state index contributed by atoms with van der Waals surface area (Å²) in [6, 6.07) is 0. The Hall–Kier alpha value is -0.940. The number of hydrogen-bond donors (Lipinski definition) is 1. The maximum Gasteiger partial charge on any atom is 0.158 e. The van der Waals surface area contributed by atoms with Crippen LogP contribution in [0.4, 0.5) is 0 Å². The third-order valence-electron chi connectivity index (χ3n) is 1.77. The van der Waals surface area contributed by atoms with Gasteiger partial charge in [0.15, 0.2) is 6.29 Å². The van der Waals surface area contributed by atoms with Crippen molar-refractivity contribution in [2.45, 2.75) is 19.1 Å². The summed E-state index contributed by atoms with van der Waals surface area (Å²) in [4.78, 5) is 4.00. The van der Waals surface area contributed by atoms with Crippen molar-refractivity contribution in [2.75, 3.05) is 13.2 Å². The minimum Gasteiger partial charge on any atom is -0.350 e. The summed E-state index contributed by atoms with van der Waals surface area (Å²) >= 11 is 0. The molecular formula is C7H11N3O2. The molecule has 0 bridgehead atoms. The fourth-order valence-electron chi connectivity index (χ4n) is 1.18. The van der Waals surface area contributed by atoms with Crippen LogP contribution in [-0.2, 0) is 15.9 Å². The molecule has 0 saturated carbocycles. The van der Waals surface area contributed by atoms with Crippen molar-refractivity contribution >= 4 is 0 Å². The van der Waals surface area contributed by atoms with E-state index >= 15 is 0 Å². The quantitative estimate of drug-likeness (QED) is 0.697. The van der Waals surface area contributed by atoms with Crippen molar-refractivity contribution < 1.29 is 9.47 Å². The van der Waals surface area contributed by atoms with Crippen LogP contribution >= 0.6 is 0 Å². The molecule has 0 atom stereocenters. The Kier molecular flexibility index (Phi) is 2.33. The van der Waals surface area contributed by atoms with Crippen LogP contribution in [0, 0.1) is 0 Å². The number of aryl methyl sites for hydroxylation is 1. The summed E-state index contributed by atoms with van der Waals surface area (Å²) in [5.41, 5.74) is 0. The lowest BCUT2D eigenvalue weighted by Crippen LogP contribution is -2.09. The standard InChI is InChI=1S/C7H11N3O2/c1(6-8-5-9-10-6)2-7-11-3-4-12-7/h5,7H,1-4H2,(H,8,9,10). The fourth-order valence-corrected chi connectivity index (χ4v) is 1.18. The summed E-state index contributed by atoms with van der Waals surface area (Å²) in [5, 5.41) is 6.54. The van der Waals surface area contributed by atoms with Crippen molar-refractivity contribution in [1.29, 1.82) is 0 Å². The van der Waals surface area contributed by atoms with E-state index in [0.717, 1.165) is 18.7 Å². The Balaban J connectivity index is 1.74. The summed E-state index contributed by atoms with van der Waals surface area (Å²) < 4.78 is 10.5. The van der Waals surface area contributed by atoms with E-state index in [1.54, 1.807) is 0 Å². The zero-order valence-electron chi connectivity index (χ0n) is 6.69. The largest absolute Gasteiger partial charge is 0.350 e. The zero-order chi connectivity index (χ0) is 8.23. The lowest BCUT2D eigenvalue weighted by Gasteiger charge is -2.05. The molecule has 1 aromatic rings. The van der Waals surface area contributed by atoms with Gasteiger partial charge in [-0.25, -0.2) is 4.98 Å². The van der Waals surface area contributed by atoms with Crippen LogP contribution < -0.4 is 0 Å². The first kappa shape index (κ1) is 7.70. The first-order chi connectivity index (χ1) is 5.95. The van der Waals surface area contributed by atoms with Gasteiger partial charge in [-0.1, -0.05) is 0 Å². The van der Waals surface area contributed by atoms with E-state index in [0.29, 0.717) is 13.2 Å². The average Bonchev–Trinajstić information content (AvgIpc) is 2.74. The van der Waals surface area contributed by atoms with Gasteiger partial charge in [0, 0.05) is 12.8 Å². The molecule has 0 radical (unpaired) electrons. The minimum absolute atomic E-state index is 0.0462. The third-order valence-corrected chi connectivity index (χ3v) is 1.77. The Morgan fingerprint density at radius 1 is 1.50 bits per heavy atom. The summed E-state index contributed by atoms with van der Waals surface area (Å²) in [5.74, 6) is 0.883. The maximum atomic E-state index is 5.27. The molecule has 66 valence electrons. The van der Waals surface area contributed by atoms with Gasteiger partial charge < -0.3 is 9.47 Å². The van der Waals surface area contributed by atoms with E-state index in [2.05, 4.69) is 15.2 Å². The molecule has 0 spiro atoms. The van der Waals surface area contributed by atoms with Crippen LogP contribution in [0.5, 0.6) is 0 Å². The van der Waals surface area contributed by atoms with Crippen LogP contribution in [0.1, 0.15) is 12.2 Å². The second-order valence-corrected chi connectivity index (χ2v) is 2.64. The molecule has 0 unspecified atom stereocenters. The Morgan fingerprint density at radius 3 is 3.00 bits per heavy atom. The Morgan fingerprint density at radius 2 is 2.33 bits per heavy atom. The normalized spacial score (nSPS) is 18.7. The molecule has 1 aromatic heterocycles. The number of ether oxygens (including phenoxy) is 2. The minimum atomic E-state index is -0.0462. The van der Waals surface area contributed by atoms with Crippen LogP contribution in [0.3, 0.4) is 0 Å². The smallest absolute Gasteiger partial charge is 0.158 e. The number of nitrogens with zero attached hydrogens (tertiary/aromatic N) is 2. The van der Waals surface area contributed by atoms with E-state index in [-0.39, 0.29) is 6.29 Å². The molecule has 5 nitrogen and oxygen atoms in total. The second-order valence-electron chi connectivity index (χ2n) is 2.64. The molecule has 0 amide bonds. The molecule has 1 aliphatic rings. The zero-order valence-corrected chi connectivity index (χ0v) is 6.69. The lowest BCUT2D eigenvalue weighted by atomic mass is 10.3. The Bertz CT molecular complexity index is 219. The van der Waals surface area contributed by atoms with Gasteiger partial charge >= 0.3 is 0 Å².